The number of benzene rings is 2. The minimum Gasteiger partial charge on any atom is -0.486 e. The Balaban J connectivity index is 1.62. The lowest BCUT2D eigenvalue weighted by molar-refractivity contribution is -0.133. The molecule has 3 rings (SSSR count). The fraction of sp³-hybridized carbons (Fsp3) is 0.304. The van der Waals surface area contributed by atoms with Crippen molar-refractivity contribution < 1.29 is 9.53 Å². The second kappa shape index (κ2) is 10.4. The van der Waals surface area contributed by atoms with Crippen molar-refractivity contribution in [1.29, 1.82) is 0 Å². The van der Waals surface area contributed by atoms with Crippen LogP contribution in [0.3, 0.4) is 0 Å². The third kappa shape index (κ3) is 6.31. The molecule has 0 bridgehead atoms. The summed E-state index contributed by atoms with van der Waals surface area (Å²) >= 11 is 7.45. The molecule has 0 aliphatic heterocycles. The summed E-state index contributed by atoms with van der Waals surface area (Å²) in [6.07, 6.45) is 1.30. The topological polar surface area (TPSA) is 42.4 Å². The Morgan fingerprint density at radius 3 is 2.59 bits per heavy atom. The fourth-order valence-corrected chi connectivity index (χ4v) is 3.74. The lowest BCUT2D eigenvalue weighted by atomic mass is 10.1. The third-order valence-electron chi connectivity index (χ3n) is 4.75. The van der Waals surface area contributed by atoms with Gasteiger partial charge in [0.2, 0.25) is 5.91 Å². The van der Waals surface area contributed by atoms with Crippen LogP contribution in [-0.4, -0.2) is 21.8 Å². The van der Waals surface area contributed by atoms with Crippen molar-refractivity contribution in [3.63, 3.8) is 0 Å². The molecule has 6 heteroatoms. The van der Waals surface area contributed by atoms with Crippen LogP contribution >= 0.6 is 22.9 Å². The predicted octanol–water partition coefficient (Wildman–Crippen LogP) is 5.75. The molecule has 0 aliphatic rings. The van der Waals surface area contributed by atoms with Crippen molar-refractivity contribution >= 4 is 28.8 Å². The molecule has 3 aromatic rings. The highest BCUT2D eigenvalue weighted by Gasteiger charge is 2.20. The summed E-state index contributed by atoms with van der Waals surface area (Å²) in [6, 6.07) is 17.3. The van der Waals surface area contributed by atoms with E-state index in [1.54, 1.807) is 23.5 Å². The predicted molar refractivity (Wildman–Crippen MR) is 118 cm³/mol. The van der Waals surface area contributed by atoms with Crippen LogP contribution in [0.4, 0.5) is 0 Å². The average Bonchev–Trinajstić information content (AvgIpc) is 3.19. The van der Waals surface area contributed by atoms with Gasteiger partial charge in [0.15, 0.2) is 0 Å². The zero-order valence-electron chi connectivity index (χ0n) is 16.7. The zero-order chi connectivity index (χ0) is 20.6. The summed E-state index contributed by atoms with van der Waals surface area (Å²) in [4.78, 5) is 19.5. The van der Waals surface area contributed by atoms with Crippen molar-refractivity contribution in [3.05, 3.63) is 81.3 Å². The highest BCUT2D eigenvalue weighted by molar-refractivity contribution is 7.09. The van der Waals surface area contributed by atoms with Crippen molar-refractivity contribution in [3.8, 4) is 5.75 Å². The van der Waals surface area contributed by atoms with Crippen molar-refractivity contribution in [1.82, 2.24) is 9.88 Å². The van der Waals surface area contributed by atoms with Crippen LogP contribution in [0.15, 0.2) is 60.0 Å². The van der Waals surface area contributed by atoms with Gasteiger partial charge < -0.3 is 9.64 Å². The molecule has 0 fully saturated rings. The Kier molecular flexibility index (Phi) is 7.67. The number of ether oxygens (including phenoxy) is 1. The number of halogens is 1. The maximum Gasteiger partial charge on any atom is 0.227 e. The number of thiazole rings is 1. The molecule has 29 heavy (non-hydrogen) atoms. The third-order valence-corrected chi connectivity index (χ3v) is 5.87. The molecule has 0 spiro atoms. The number of carbonyl (C=O) groups excluding carboxylic acids is 1. The number of nitrogens with zero attached hydrogens (tertiary/aromatic N) is 2. The first-order chi connectivity index (χ1) is 14.0. The van der Waals surface area contributed by atoms with Gasteiger partial charge in [-0.25, -0.2) is 4.98 Å². The van der Waals surface area contributed by atoms with Crippen LogP contribution in [-0.2, 0) is 24.4 Å². The number of amides is 1. The van der Waals surface area contributed by atoms with E-state index >= 15 is 0 Å². The number of hydrogen-bond donors (Lipinski definition) is 0. The van der Waals surface area contributed by atoms with E-state index in [0.29, 0.717) is 24.6 Å². The summed E-state index contributed by atoms with van der Waals surface area (Å²) < 4.78 is 5.77. The largest absolute Gasteiger partial charge is 0.486 e. The molecule has 0 N–H and O–H groups in total. The van der Waals surface area contributed by atoms with E-state index in [0.717, 1.165) is 28.4 Å². The van der Waals surface area contributed by atoms with E-state index in [9.17, 15) is 4.79 Å². The van der Waals surface area contributed by atoms with Gasteiger partial charge in [0.1, 0.15) is 17.4 Å². The molecule has 0 radical (unpaired) electrons. The normalized spacial score (nSPS) is 11.8. The highest BCUT2D eigenvalue weighted by Crippen LogP contribution is 2.20. The van der Waals surface area contributed by atoms with E-state index in [2.05, 4.69) is 18.8 Å². The second-order valence-electron chi connectivity index (χ2n) is 6.92. The van der Waals surface area contributed by atoms with Crippen molar-refractivity contribution in [2.24, 2.45) is 0 Å². The minimum atomic E-state index is 0.123. The molecule has 1 amide bonds. The SMILES string of the molecule is CCC(C)N(Cc1csc(COc2ccc(Cl)cc2)n1)C(=O)Cc1ccccc1. The zero-order valence-corrected chi connectivity index (χ0v) is 18.2. The number of aromatic nitrogens is 1. The average molecular weight is 429 g/mol. The van der Waals surface area contributed by atoms with Gasteiger partial charge in [-0.15, -0.1) is 11.3 Å². The summed E-state index contributed by atoms with van der Waals surface area (Å²) in [5, 5.41) is 3.57. The van der Waals surface area contributed by atoms with Crippen LogP contribution in [0.5, 0.6) is 5.75 Å². The van der Waals surface area contributed by atoms with E-state index < -0.39 is 0 Å². The number of rotatable bonds is 9. The molecule has 2 aromatic carbocycles. The summed E-state index contributed by atoms with van der Waals surface area (Å²) in [7, 11) is 0. The monoisotopic (exact) mass is 428 g/mol. The van der Waals surface area contributed by atoms with Crippen molar-refractivity contribution in [2.75, 3.05) is 0 Å². The van der Waals surface area contributed by atoms with E-state index in [4.69, 9.17) is 16.3 Å². The Morgan fingerprint density at radius 2 is 1.90 bits per heavy atom. The van der Waals surface area contributed by atoms with E-state index in [-0.39, 0.29) is 11.9 Å². The van der Waals surface area contributed by atoms with Crippen LogP contribution in [0.25, 0.3) is 0 Å². The summed E-state index contributed by atoms with van der Waals surface area (Å²) in [5.41, 5.74) is 1.92. The van der Waals surface area contributed by atoms with Gasteiger partial charge in [-0.3, -0.25) is 4.79 Å². The molecule has 1 heterocycles. The molecule has 0 aliphatic carbocycles. The van der Waals surface area contributed by atoms with Gasteiger partial charge in [-0.2, -0.15) is 0 Å². The van der Waals surface area contributed by atoms with Crippen LogP contribution < -0.4 is 4.74 Å². The summed E-state index contributed by atoms with van der Waals surface area (Å²) in [6.45, 7) is 5.09. The quantitative estimate of drug-likeness (QED) is 0.436. The first-order valence-electron chi connectivity index (χ1n) is 9.70. The standard InChI is InChI=1S/C23H25ClN2O2S/c1-3-17(2)26(23(27)13-18-7-5-4-6-8-18)14-20-16-29-22(25-20)15-28-21-11-9-19(24)10-12-21/h4-12,16-17H,3,13-15H2,1-2H3. The van der Waals surface area contributed by atoms with Crippen LogP contribution in [0.2, 0.25) is 5.02 Å². The Hall–Kier alpha value is -2.37. The van der Waals surface area contributed by atoms with Gasteiger partial charge in [-0.1, -0.05) is 48.9 Å². The van der Waals surface area contributed by atoms with Crippen LogP contribution in [0, 0.1) is 0 Å². The van der Waals surface area contributed by atoms with Gasteiger partial charge in [0, 0.05) is 16.4 Å². The highest BCUT2D eigenvalue weighted by atomic mass is 35.5. The van der Waals surface area contributed by atoms with Crippen LogP contribution in [0.1, 0.15) is 36.5 Å². The van der Waals surface area contributed by atoms with Gasteiger partial charge in [-0.05, 0) is 43.2 Å². The Morgan fingerprint density at radius 1 is 1.17 bits per heavy atom. The van der Waals surface area contributed by atoms with Gasteiger partial charge in [0.05, 0.1) is 18.7 Å². The molecule has 1 atom stereocenters. The fourth-order valence-electron chi connectivity index (χ4n) is 2.92. The molecule has 0 saturated heterocycles. The molecule has 0 saturated carbocycles. The number of carbonyl (C=O) groups is 1. The number of hydrogen-bond acceptors (Lipinski definition) is 4. The van der Waals surface area contributed by atoms with Crippen molar-refractivity contribution in [2.45, 2.75) is 45.9 Å². The van der Waals surface area contributed by atoms with Gasteiger partial charge in [0.25, 0.3) is 0 Å². The molecule has 152 valence electrons. The van der Waals surface area contributed by atoms with E-state index in [1.807, 2.05) is 52.7 Å². The lowest BCUT2D eigenvalue weighted by Crippen LogP contribution is -2.38. The molecular weight excluding hydrogens is 404 g/mol. The maximum absolute atomic E-state index is 12.9. The molecular formula is C23H25ClN2O2S. The molecule has 1 unspecified atom stereocenters. The molecule has 4 nitrogen and oxygen atoms in total. The first-order valence-corrected chi connectivity index (χ1v) is 11.0. The lowest BCUT2D eigenvalue weighted by Gasteiger charge is -2.28. The molecule has 1 aromatic heterocycles. The van der Waals surface area contributed by atoms with E-state index in [1.165, 1.54) is 0 Å². The minimum absolute atomic E-state index is 0.123. The Bertz CT molecular complexity index is 912. The Labute approximate surface area is 181 Å². The van der Waals surface area contributed by atoms with Gasteiger partial charge >= 0.3 is 0 Å². The second-order valence-corrected chi connectivity index (χ2v) is 8.30. The smallest absolute Gasteiger partial charge is 0.227 e. The summed E-state index contributed by atoms with van der Waals surface area (Å²) in [5.74, 6) is 0.878. The maximum atomic E-state index is 12.9. The first kappa shape index (κ1) is 21.3.